The molecule has 1 N–H and O–H groups in total. The Morgan fingerprint density at radius 2 is 2.11 bits per heavy atom. The number of nitrogens with zero attached hydrogens (tertiary/aromatic N) is 1. The molecule has 1 aromatic carbocycles. The molecule has 0 spiro atoms. The van der Waals surface area contributed by atoms with Gasteiger partial charge in [0.2, 0.25) is 11.8 Å². The predicted molar refractivity (Wildman–Crippen MR) is 74.1 cm³/mol. The lowest BCUT2D eigenvalue weighted by molar-refractivity contribution is -0.132. The fourth-order valence-electron chi connectivity index (χ4n) is 1.97. The van der Waals surface area contributed by atoms with Gasteiger partial charge in [-0.1, -0.05) is 0 Å². The zero-order valence-corrected chi connectivity index (χ0v) is 12.2. The molecule has 2 amide bonds. The number of carbonyl (C=O) groups is 3. The molecule has 1 heterocycles. The van der Waals surface area contributed by atoms with Gasteiger partial charge in [0.15, 0.2) is 5.78 Å². The van der Waals surface area contributed by atoms with E-state index in [4.69, 9.17) is 0 Å². The topological polar surface area (TPSA) is 66.5 Å². The van der Waals surface area contributed by atoms with Crippen molar-refractivity contribution in [2.75, 3.05) is 11.4 Å². The van der Waals surface area contributed by atoms with Gasteiger partial charge in [-0.15, -0.1) is 0 Å². The van der Waals surface area contributed by atoms with Gasteiger partial charge in [0, 0.05) is 10.0 Å². The van der Waals surface area contributed by atoms with E-state index in [1.807, 2.05) is 0 Å². The Morgan fingerprint density at radius 1 is 1.42 bits per heavy atom. The molecule has 0 aliphatic carbocycles. The molecule has 0 aromatic heterocycles. The number of amides is 2. The summed E-state index contributed by atoms with van der Waals surface area (Å²) in [5.41, 5.74) is 1.30. The van der Waals surface area contributed by atoms with Gasteiger partial charge in [-0.2, -0.15) is 0 Å². The molecule has 2 rings (SSSR count). The normalized spacial score (nSPS) is 19.3. The van der Waals surface area contributed by atoms with Crippen LogP contribution in [-0.4, -0.2) is 30.2 Å². The van der Waals surface area contributed by atoms with E-state index < -0.39 is 6.04 Å². The van der Waals surface area contributed by atoms with Crippen LogP contribution in [0.15, 0.2) is 22.7 Å². The second-order valence-corrected chi connectivity index (χ2v) is 5.29. The first-order chi connectivity index (χ1) is 8.90. The number of halogens is 1. The van der Waals surface area contributed by atoms with Gasteiger partial charge in [-0.3, -0.25) is 19.7 Å². The molecule has 1 fully saturated rings. The lowest BCUT2D eigenvalue weighted by atomic mass is 10.1. The molecule has 100 valence electrons. The number of piperazine rings is 1. The van der Waals surface area contributed by atoms with Gasteiger partial charge < -0.3 is 4.90 Å². The third-order valence-corrected chi connectivity index (χ3v) is 3.72. The first-order valence-electron chi connectivity index (χ1n) is 5.81. The summed E-state index contributed by atoms with van der Waals surface area (Å²) in [7, 11) is 0. The van der Waals surface area contributed by atoms with Crippen LogP contribution in [0.5, 0.6) is 0 Å². The summed E-state index contributed by atoms with van der Waals surface area (Å²) in [6.07, 6.45) is 0. The highest BCUT2D eigenvalue weighted by atomic mass is 79.9. The Hall–Kier alpha value is -1.69. The molecule has 5 nitrogen and oxygen atoms in total. The average molecular weight is 325 g/mol. The van der Waals surface area contributed by atoms with Crippen LogP contribution in [0.2, 0.25) is 0 Å². The van der Waals surface area contributed by atoms with Crippen LogP contribution in [0.3, 0.4) is 0 Å². The van der Waals surface area contributed by atoms with Crippen LogP contribution in [0, 0.1) is 0 Å². The Labute approximate surface area is 119 Å². The van der Waals surface area contributed by atoms with E-state index in [-0.39, 0.29) is 24.1 Å². The molecule has 1 aliphatic rings. The zero-order valence-electron chi connectivity index (χ0n) is 10.6. The SMILES string of the molecule is CC(=O)c1ccc(N2CC(=O)NC(=O)C2C)c(Br)c1. The maximum absolute atomic E-state index is 11.6. The number of rotatable bonds is 2. The Bertz CT molecular complexity index is 571. The van der Waals surface area contributed by atoms with Crippen molar-refractivity contribution in [3.63, 3.8) is 0 Å². The van der Waals surface area contributed by atoms with Crippen molar-refractivity contribution in [1.29, 1.82) is 0 Å². The van der Waals surface area contributed by atoms with Crippen LogP contribution in [0.25, 0.3) is 0 Å². The minimum atomic E-state index is -0.433. The lowest BCUT2D eigenvalue weighted by Crippen LogP contribution is -2.57. The van der Waals surface area contributed by atoms with Gasteiger partial charge in [0.05, 0.1) is 12.2 Å². The van der Waals surface area contributed by atoms with E-state index in [0.29, 0.717) is 10.0 Å². The van der Waals surface area contributed by atoms with Crippen LogP contribution < -0.4 is 10.2 Å². The first kappa shape index (κ1) is 13.7. The van der Waals surface area contributed by atoms with Crippen molar-refractivity contribution in [3.8, 4) is 0 Å². The summed E-state index contributed by atoms with van der Waals surface area (Å²) in [6.45, 7) is 3.33. The Balaban J connectivity index is 2.38. The highest BCUT2D eigenvalue weighted by Crippen LogP contribution is 2.29. The van der Waals surface area contributed by atoms with E-state index in [1.165, 1.54) is 6.92 Å². The van der Waals surface area contributed by atoms with Gasteiger partial charge in [-0.25, -0.2) is 0 Å². The number of carbonyl (C=O) groups excluding carboxylic acids is 3. The highest BCUT2D eigenvalue weighted by molar-refractivity contribution is 9.10. The number of anilines is 1. The van der Waals surface area contributed by atoms with Crippen molar-refractivity contribution in [3.05, 3.63) is 28.2 Å². The fraction of sp³-hybridized carbons (Fsp3) is 0.308. The number of imide groups is 1. The molecular weight excluding hydrogens is 312 g/mol. The molecule has 0 saturated carbocycles. The number of hydrogen-bond acceptors (Lipinski definition) is 4. The second-order valence-electron chi connectivity index (χ2n) is 4.44. The summed E-state index contributed by atoms with van der Waals surface area (Å²) in [4.78, 5) is 36.1. The fourth-order valence-corrected chi connectivity index (χ4v) is 2.57. The smallest absolute Gasteiger partial charge is 0.249 e. The Morgan fingerprint density at radius 3 is 2.68 bits per heavy atom. The summed E-state index contributed by atoms with van der Waals surface area (Å²) in [5, 5.41) is 2.29. The monoisotopic (exact) mass is 324 g/mol. The van der Waals surface area contributed by atoms with E-state index in [2.05, 4.69) is 21.2 Å². The number of nitrogens with one attached hydrogen (secondary N) is 1. The molecule has 0 radical (unpaired) electrons. The van der Waals surface area contributed by atoms with Crippen LogP contribution in [-0.2, 0) is 9.59 Å². The number of hydrogen-bond donors (Lipinski definition) is 1. The van der Waals surface area contributed by atoms with Gasteiger partial charge in [0.1, 0.15) is 6.04 Å². The van der Waals surface area contributed by atoms with Crippen molar-refractivity contribution in [1.82, 2.24) is 5.32 Å². The molecule has 19 heavy (non-hydrogen) atoms. The lowest BCUT2D eigenvalue weighted by Gasteiger charge is -2.34. The maximum atomic E-state index is 11.6. The van der Waals surface area contributed by atoms with Gasteiger partial charge >= 0.3 is 0 Å². The van der Waals surface area contributed by atoms with Gasteiger partial charge in [-0.05, 0) is 48.0 Å². The molecule has 1 saturated heterocycles. The van der Waals surface area contributed by atoms with Gasteiger partial charge in [0.25, 0.3) is 0 Å². The van der Waals surface area contributed by atoms with E-state index in [9.17, 15) is 14.4 Å². The molecule has 0 bridgehead atoms. The highest BCUT2D eigenvalue weighted by Gasteiger charge is 2.31. The van der Waals surface area contributed by atoms with Crippen molar-refractivity contribution in [2.24, 2.45) is 0 Å². The van der Waals surface area contributed by atoms with Crippen molar-refractivity contribution in [2.45, 2.75) is 19.9 Å². The minimum Gasteiger partial charge on any atom is -0.350 e. The second kappa shape index (κ2) is 5.13. The summed E-state index contributed by atoms with van der Waals surface area (Å²) < 4.78 is 0.689. The summed E-state index contributed by atoms with van der Waals surface area (Å²) in [6, 6.07) is 4.69. The van der Waals surface area contributed by atoms with Crippen LogP contribution >= 0.6 is 15.9 Å². The third kappa shape index (κ3) is 2.68. The summed E-state index contributed by atoms with van der Waals surface area (Å²) >= 11 is 3.38. The number of Topliss-reactive ketones (excluding diaryl/α,β-unsaturated/α-hetero) is 1. The summed E-state index contributed by atoms with van der Waals surface area (Å²) in [5.74, 6) is -0.683. The van der Waals surface area contributed by atoms with Crippen molar-refractivity contribution < 1.29 is 14.4 Å². The number of ketones is 1. The molecule has 1 atom stereocenters. The molecule has 1 aliphatic heterocycles. The van der Waals surface area contributed by atoms with Crippen molar-refractivity contribution >= 4 is 39.2 Å². The zero-order chi connectivity index (χ0) is 14.2. The predicted octanol–water partition coefficient (Wildman–Crippen LogP) is 1.50. The Kier molecular flexibility index (Phi) is 3.71. The first-order valence-corrected chi connectivity index (χ1v) is 6.60. The minimum absolute atomic E-state index is 0.0345. The van der Waals surface area contributed by atoms with E-state index in [0.717, 1.165) is 5.69 Å². The molecule has 1 aromatic rings. The van der Waals surface area contributed by atoms with E-state index >= 15 is 0 Å². The molecule has 6 heteroatoms. The molecule has 1 unspecified atom stereocenters. The largest absolute Gasteiger partial charge is 0.350 e. The molecular formula is C13H13BrN2O3. The van der Waals surface area contributed by atoms with Crippen LogP contribution in [0.1, 0.15) is 24.2 Å². The quantitative estimate of drug-likeness (QED) is 0.661. The maximum Gasteiger partial charge on any atom is 0.249 e. The van der Waals surface area contributed by atoms with E-state index in [1.54, 1.807) is 30.0 Å². The number of benzene rings is 1. The standard InChI is InChI=1S/C13H13BrN2O3/c1-7-13(19)15-12(18)6-16(7)11-4-3-9(8(2)17)5-10(11)14/h3-5,7H,6H2,1-2H3,(H,15,18,19). The average Bonchev–Trinajstić information content (AvgIpc) is 2.33. The third-order valence-electron chi connectivity index (χ3n) is 3.09. The van der Waals surface area contributed by atoms with Crippen LogP contribution in [0.4, 0.5) is 5.69 Å².